The van der Waals surface area contributed by atoms with Crippen LogP contribution in [0.1, 0.15) is 53.4 Å². The normalized spacial score (nSPS) is 15.4. The van der Waals surface area contributed by atoms with E-state index in [0.29, 0.717) is 12.8 Å². The van der Waals surface area contributed by atoms with Gasteiger partial charge in [0.05, 0.1) is 12.6 Å². The number of carboxylic acids is 1. The van der Waals surface area contributed by atoms with Crippen LogP contribution in [0.3, 0.4) is 0 Å². The van der Waals surface area contributed by atoms with Gasteiger partial charge in [-0.25, -0.2) is 4.79 Å². The number of aliphatic hydroxyl groups is 1. The van der Waals surface area contributed by atoms with Crippen LogP contribution in [-0.4, -0.2) is 77.2 Å². The summed E-state index contributed by atoms with van der Waals surface area (Å²) in [6.07, 6.45) is 1.22. The van der Waals surface area contributed by atoms with E-state index in [1.165, 1.54) is 0 Å². The van der Waals surface area contributed by atoms with Crippen LogP contribution in [0.2, 0.25) is 0 Å². The molecule has 0 fully saturated rings. The van der Waals surface area contributed by atoms with Gasteiger partial charge in [0.2, 0.25) is 17.7 Å². The third-order valence-corrected chi connectivity index (χ3v) is 5.28. The Morgan fingerprint density at radius 2 is 1.44 bits per heavy atom. The number of nitrogens with two attached hydrogens (primary N) is 3. The lowest BCUT2D eigenvalue weighted by Crippen LogP contribution is -2.58. The van der Waals surface area contributed by atoms with Crippen molar-refractivity contribution < 1.29 is 29.4 Å². The molecule has 0 aliphatic carbocycles. The molecule has 0 aromatic heterocycles. The zero-order valence-electron chi connectivity index (χ0n) is 20.4. The second-order valence-corrected chi connectivity index (χ2v) is 8.69. The molecule has 13 heteroatoms. The monoisotopic (exact) mass is 487 g/mol. The molecule has 0 rings (SSSR count). The number of aliphatic hydroxyl groups excluding tert-OH is 1. The van der Waals surface area contributed by atoms with Crippen LogP contribution in [0, 0.1) is 11.8 Å². The highest BCUT2D eigenvalue weighted by Gasteiger charge is 2.30. The average Bonchev–Trinajstić information content (AvgIpc) is 2.76. The summed E-state index contributed by atoms with van der Waals surface area (Å²) >= 11 is 0. The first-order valence-corrected chi connectivity index (χ1v) is 11.4. The van der Waals surface area contributed by atoms with Crippen molar-refractivity contribution in [1.29, 1.82) is 0 Å². The maximum Gasteiger partial charge on any atom is 0.326 e. The number of aliphatic carboxylic acids is 1. The van der Waals surface area contributed by atoms with Gasteiger partial charge in [-0.05, 0) is 31.1 Å². The quantitative estimate of drug-likeness (QED) is 0.0681. The van der Waals surface area contributed by atoms with Crippen LogP contribution in [0.15, 0.2) is 4.99 Å². The molecule has 5 atom stereocenters. The van der Waals surface area contributed by atoms with Gasteiger partial charge in [-0.3, -0.25) is 19.4 Å². The van der Waals surface area contributed by atoms with E-state index in [2.05, 4.69) is 20.9 Å². The van der Waals surface area contributed by atoms with E-state index in [9.17, 15) is 29.4 Å². The number of carbonyl (C=O) groups excluding carboxylic acids is 3. The highest BCUT2D eigenvalue weighted by atomic mass is 16.4. The molecule has 11 N–H and O–H groups in total. The van der Waals surface area contributed by atoms with Crippen LogP contribution in [-0.2, 0) is 19.2 Å². The standard InChI is InChI=1S/C21H41N7O6/c1-5-12(4)16(22)19(32)28-15(10-29)18(31)26-13(7-6-8-25-21(23)24)17(30)27-14(20(33)34)9-11(2)3/h11-16,29H,5-10,22H2,1-4H3,(H,26,31)(H,27,30)(H,28,32)(H,33,34)(H4,23,24,25)/t12-,13-,14-,15-,16-/m0/s1. The molecule has 0 aliphatic heterocycles. The Labute approximate surface area is 200 Å². The second kappa shape index (κ2) is 15.8. The maximum absolute atomic E-state index is 12.8. The fourth-order valence-electron chi connectivity index (χ4n) is 2.98. The number of rotatable bonds is 16. The Morgan fingerprint density at radius 1 is 0.912 bits per heavy atom. The largest absolute Gasteiger partial charge is 0.480 e. The fourth-order valence-corrected chi connectivity index (χ4v) is 2.98. The zero-order valence-corrected chi connectivity index (χ0v) is 20.4. The molecule has 0 radical (unpaired) electrons. The van der Waals surface area contributed by atoms with Gasteiger partial charge in [0.1, 0.15) is 18.1 Å². The van der Waals surface area contributed by atoms with E-state index in [1.807, 2.05) is 20.8 Å². The van der Waals surface area contributed by atoms with Gasteiger partial charge in [0.15, 0.2) is 5.96 Å². The summed E-state index contributed by atoms with van der Waals surface area (Å²) in [5.74, 6) is -3.62. The number of hydrogen-bond donors (Lipinski definition) is 8. The Morgan fingerprint density at radius 3 is 1.91 bits per heavy atom. The predicted molar refractivity (Wildman–Crippen MR) is 127 cm³/mol. The molecule has 13 nitrogen and oxygen atoms in total. The number of nitrogens with zero attached hydrogens (tertiary/aromatic N) is 1. The lowest BCUT2D eigenvalue weighted by molar-refractivity contribution is -0.143. The maximum atomic E-state index is 12.8. The first-order chi connectivity index (χ1) is 15.8. The van der Waals surface area contributed by atoms with E-state index < -0.39 is 54.5 Å². The summed E-state index contributed by atoms with van der Waals surface area (Å²) in [5, 5.41) is 26.3. The topological polar surface area (TPSA) is 235 Å². The molecular weight excluding hydrogens is 446 g/mol. The molecule has 0 aliphatic rings. The summed E-state index contributed by atoms with van der Waals surface area (Å²) in [6, 6.07) is -4.52. The fraction of sp³-hybridized carbons (Fsp3) is 0.762. The minimum atomic E-state index is -1.35. The molecule has 0 spiro atoms. The van der Waals surface area contributed by atoms with Crippen molar-refractivity contribution in [2.24, 2.45) is 34.0 Å². The summed E-state index contributed by atoms with van der Waals surface area (Å²) in [6.45, 7) is 6.73. The third-order valence-electron chi connectivity index (χ3n) is 5.28. The molecule has 196 valence electrons. The van der Waals surface area contributed by atoms with Gasteiger partial charge in [-0.1, -0.05) is 34.1 Å². The van der Waals surface area contributed by atoms with Crippen LogP contribution in [0.5, 0.6) is 0 Å². The Bertz CT molecular complexity index is 712. The average molecular weight is 488 g/mol. The smallest absolute Gasteiger partial charge is 0.326 e. The first-order valence-electron chi connectivity index (χ1n) is 11.4. The SMILES string of the molecule is CC[C@H](C)[C@H](N)C(=O)N[C@@H](CO)C(=O)N[C@@H](CCCN=C(N)N)C(=O)N[C@@H](CC(C)C)C(=O)O. The van der Waals surface area contributed by atoms with E-state index in [-0.39, 0.29) is 37.2 Å². The molecule has 34 heavy (non-hydrogen) atoms. The second-order valence-electron chi connectivity index (χ2n) is 8.69. The number of amides is 3. The van der Waals surface area contributed by atoms with Crippen molar-refractivity contribution in [2.45, 2.75) is 77.5 Å². The highest BCUT2D eigenvalue weighted by molar-refractivity contribution is 5.94. The number of guanidine groups is 1. The summed E-state index contributed by atoms with van der Waals surface area (Å²) < 4.78 is 0. The molecule has 0 bridgehead atoms. The van der Waals surface area contributed by atoms with Gasteiger partial charge in [0, 0.05) is 6.54 Å². The van der Waals surface area contributed by atoms with Crippen molar-refractivity contribution in [3.8, 4) is 0 Å². The van der Waals surface area contributed by atoms with Crippen molar-refractivity contribution in [2.75, 3.05) is 13.2 Å². The minimum Gasteiger partial charge on any atom is -0.480 e. The van der Waals surface area contributed by atoms with Crippen LogP contribution in [0.4, 0.5) is 0 Å². The molecule has 0 aromatic carbocycles. The van der Waals surface area contributed by atoms with Crippen LogP contribution >= 0.6 is 0 Å². The van der Waals surface area contributed by atoms with E-state index >= 15 is 0 Å². The van der Waals surface area contributed by atoms with Crippen molar-refractivity contribution in [3.05, 3.63) is 0 Å². The van der Waals surface area contributed by atoms with Gasteiger partial charge in [-0.15, -0.1) is 0 Å². The predicted octanol–water partition coefficient (Wildman–Crippen LogP) is -2.01. The number of carboxylic acid groups (broad SMARTS) is 1. The van der Waals surface area contributed by atoms with Gasteiger partial charge < -0.3 is 43.4 Å². The van der Waals surface area contributed by atoms with Crippen LogP contribution < -0.4 is 33.2 Å². The lowest BCUT2D eigenvalue weighted by atomic mass is 9.99. The zero-order chi connectivity index (χ0) is 26.4. The Hall–Kier alpha value is -2.93. The molecule has 0 saturated carbocycles. The summed E-state index contributed by atoms with van der Waals surface area (Å²) in [4.78, 5) is 53.2. The Balaban J connectivity index is 5.44. The van der Waals surface area contributed by atoms with Crippen molar-refractivity contribution >= 4 is 29.7 Å². The van der Waals surface area contributed by atoms with E-state index in [1.54, 1.807) is 6.92 Å². The number of nitrogens with one attached hydrogen (secondary N) is 3. The van der Waals surface area contributed by atoms with Gasteiger partial charge >= 0.3 is 5.97 Å². The minimum absolute atomic E-state index is 0.00000963. The van der Waals surface area contributed by atoms with E-state index in [4.69, 9.17) is 17.2 Å². The third kappa shape index (κ3) is 11.8. The number of carbonyl (C=O) groups is 4. The van der Waals surface area contributed by atoms with Crippen molar-refractivity contribution in [1.82, 2.24) is 16.0 Å². The molecule has 0 heterocycles. The molecule has 0 unspecified atom stereocenters. The number of aliphatic imine (C=N–C) groups is 1. The molecule has 0 aromatic rings. The lowest BCUT2D eigenvalue weighted by Gasteiger charge is -2.25. The van der Waals surface area contributed by atoms with Gasteiger partial charge in [-0.2, -0.15) is 0 Å². The Kier molecular flexibility index (Phi) is 14.5. The summed E-state index contributed by atoms with van der Waals surface area (Å²) in [7, 11) is 0. The molecule has 3 amide bonds. The first kappa shape index (κ1) is 31.1. The number of hydrogen-bond acceptors (Lipinski definition) is 7. The summed E-state index contributed by atoms with van der Waals surface area (Å²) in [5.41, 5.74) is 16.5. The molecular formula is C21H41N7O6. The van der Waals surface area contributed by atoms with Crippen LogP contribution in [0.25, 0.3) is 0 Å². The van der Waals surface area contributed by atoms with Crippen molar-refractivity contribution in [3.63, 3.8) is 0 Å². The molecule has 0 saturated heterocycles. The van der Waals surface area contributed by atoms with Gasteiger partial charge in [0.25, 0.3) is 0 Å². The van der Waals surface area contributed by atoms with E-state index in [0.717, 1.165) is 0 Å². The highest BCUT2D eigenvalue weighted by Crippen LogP contribution is 2.08.